The Morgan fingerprint density at radius 3 is 2.76 bits per heavy atom. The van der Waals surface area contributed by atoms with E-state index in [0.29, 0.717) is 19.6 Å². The lowest BCUT2D eigenvalue weighted by molar-refractivity contribution is -0.139. The third kappa shape index (κ3) is 2.52. The van der Waals surface area contributed by atoms with Gasteiger partial charge in [0, 0.05) is 31.2 Å². The van der Waals surface area contributed by atoms with Crippen molar-refractivity contribution in [1.82, 2.24) is 14.7 Å². The summed E-state index contributed by atoms with van der Waals surface area (Å²) in [6.07, 6.45) is 0. The van der Waals surface area contributed by atoms with E-state index in [0.717, 1.165) is 10.0 Å². The minimum atomic E-state index is -0.367. The molecular weight excluding hydrogens is 334 g/mol. The van der Waals surface area contributed by atoms with E-state index >= 15 is 0 Å². The first-order valence-electron chi connectivity index (χ1n) is 7.04. The minimum Gasteiger partial charge on any atom is -0.342 e. The van der Waals surface area contributed by atoms with E-state index in [-0.39, 0.29) is 24.0 Å². The van der Waals surface area contributed by atoms with Crippen LogP contribution in [-0.4, -0.2) is 58.9 Å². The number of nitrogens with zero attached hydrogens (tertiary/aromatic N) is 3. The number of halogens is 1. The van der Waals surface area contributed by atoms with Crippen LogP contribution in [0.4, 0.5) is 4.79 Å². The number of benzene rings is 1. The van der Waals surface area contributed by atoms with Crippen LogP contribution in [-0.2, 0) is 11.3 Å². The van der Waals surface area contributed by atoms with Gasteiger partial charge in [0.25, 0.3) is 0 Å². The Hall–Kier alpha value is -1.56. The molecule has 0 aliphatic carbocycles. The molecule has 1 aromatic carbocycles. The van der Waals surface area contributed by atoms with Crippen molar-refractivity contribution in [3.63, 3.8) is 0 Å². The Morgan fingerprint density at radius 2 is 2.05 bits per heavy atom. The average molecular weight is 352 g/mol. The van der Waals surface area contributed by atoms with Crippen molar-refractivity contribution in [1.29, 1.82) is 0 Å². The average Bonchev–Trinajstić information content (AvgIpc) is 2.73. The second-order valence-electron chi connectivity index (χ2n) is 5.75. The van der Waals surface area contributed by atoms with Crippen LogP contribution in [0, 0.1) is 0 Å². The summed E-state index contributed by atoms with van der Waals surface area (Å²) >= 11 is 3.45. The monoisotopic (exact) mass is 351 g/mol. The smallest absolute Gasteiger partial charge is 0.321 e. The maximum atomic E-state index is 12.6. The summed E-state index contributed by atoms with van der Waals surface area (Å²) < 4.78 is 1.01. The van der Waals surface area contributed by atoms with E-state index in [1.54, 1.807) is 16.8 Å². The molecule has 5 nitrogen and oxygen atoms in total. The van der Waals surface area contributed by atoms with Crippen LogP contribution in [0.3, 0.4) is 0 Å². The number of hydrogen-bond donors (Lipinski definition) is 0. The number of piperazine rings is 1. The SMILES string of the molecule is C[C@H]1C(=O)N(C)C[C@@H]2CN(Cc3cccc(Br)c3)C(=O)N21. The summed E-state index contributed by atoms with van der Waals surface area (Å²) in [6, 6.07) is 7.66. The fraction of sp³-hybridized carbons (Fsp3) is 0.467. The molecule has 0 spiro atoms. The van der Waals surface area contributed by atoms with Crippen LogP contribution < -0.4 is 0 Å². The Morgan fingerprint density at radius 1 is 1.29 bits per heavy atom. The van der Waals surface area contributed by atoms with Crippen molar-refractivity contribution in [3.8, 4) is 0 Å². The summed E-state index contributed by atoms with van der Waals surface area (Å²) in [7, 11) is 1.80. The van der Waals surface area contributed by atoms with Gasteiger partial charge in [0.05, 0.1) is 6.04 Å². The largest absolute Gasteiger partial charge is 0.342 e. The second kappa shape index (κ2) is 5.33. The van der Waals surface area contributed by atoms with Crippen molar-refractivity contribution in [3.05, 3.63) is 34.3 Å². The van der Waals surface area contributed by atoms with Gasteiger partial charge in [0.2, 0.25) is 5.91 Å². The Labute approximate surface area is 132 Å². The van der Waals surface area contributed by atoms with Crippen LogP contribution in [0.5, 0.6) is 0 Å². The molecule has 2 aliphatic heterocycles. The van der Waals surface area contributed by atoms with Crippen molar-refractivity contribution < 1.29 is 9.59 Å². The minimum absolute atomic E-state index is 0.0175. The first-order valence-corrected chi connectivity index (χ1v) is 7.83. The molecular formula is C15H18BrN3O2. The second-order valence-corrected chi connectivity index (χ2v) is 6.66. The summed E-state index contributed by atoms with van der Waals surface area (Å²) in [6.45, 7) is 3.68. The molecule has 6 heteroatoms. The van der Waals surface area contributed by atoms with Gasteiger partial charge in [-0.2, -0.15) is 0 Å². The van der Waals surface area contributed by atoms with Crippen molar-refractivity contribution in [2.75, 3.05) is 20.1 Å². The van der Waals surface area contributed by atoms with E-state index in [1.807, 2.05) is 36.1 Å². The summed E-state index contributed by atoms with van der Waals surface area (Å²) in [4.78, 5) is 29.9. The molecule has 2 atom stereocenters. The first kappa shape index (κ1) is 14.4. The highest BCUT2D eigenvalue weighted by Gasteiger charge is 2.46. The molecule has 112 valence electrons. The number of rotatable bonds is 2. The van der Waals surface area contributed by atoms with Crippen LogP contribution in [0.2, 0.25) is 0 Å². The van der Waals surface area contributed by atoms with E-state index in [1.165, 1.54) is 0 Å². The van der Waals surface area contributed by atoms with Gasteiger partial charge < -0.3 is 14.7 Å². The van der Waals surface area contributed by atoms with Gasteiger partial charge in [-0.3, -0.25) is 4.79 Å². The molecule has 0 unspecified atom stereocenters. The summed E-state index contributed by atoms with van der Waals surface area (Å²) in [5.74, 6) is 0.0175. The van der Waals surface area contributed by atoms with Crippen LogP contribution in [0.25, 0.3) is 0 Å². The number of likely N-dealkylation sites (N-methyl/N-ethyl adjacent to an activating group) is 1. The maximum Gasteiger partial charge on any atom is 0.321 e. The topological polar surface area (TPSA) is 43.9 Å². The predicted octanol–water partition coefficient (Wildman–Crippen LogP) is 1.92. The molecule has 21 heavy (non-hydrogen) atoms. The lowest BCUT2D eigenvalue weighted by Crippen LogP contribution is -2.58. The highest BCUT2D eigenvalue weighted by Crippen LogP contribution is 2.26. The number of carbonyl (C=O) groups excluding carboxylic acids is 2. The molecule has 2 aliphatic rings. The molecule has 2 heterocycles. The molecule has 1 aromatic rings. The number of hydrogen-bond acceptors (Lipinski definition) is 2. The van der Waals surface area contributed by atoms with E-state index < -0.39 is 0 Å². The van der Waals surface area contributed by atoms with Gasteiger partial charge >= 0.3 is 6.03 Å². The van der Waals surface area contributed by atoms with Gasteiger partial charge in [0.1, 0.15) is 6.04 Å². The van der Waals surface area contributed by atoms with Gasteiger partial charge in [-0.1, -0.05) is 28.1 Å². The Bertz CT molecular complexity index is 592. The fourth-order valence-electron chi connectivity index (χ4n) is 3.20. The number of amides is 3. The Balaban J connectivity index is 1.78. The molecule has 0 radical (unpaired) electrons. The molecule has 0 aromatic heterocycles. The zero-order valence-corrected chi connectivity index (χ0v) is 13.7. The molecule has 3 rings (SSSR count). The molecule has 0 saturated carbocycles. The van der Waals surface area contributed by atoms with Gasteiger partial charge in [-0.15, -0.1) is 0 Å². The molecule has 0 bridgehead atoms. The summed E-state index contributed by atoms with van der Waals surface area (Å²) in [5, 5.41) is 0. The molecule has 3 amide bonds. The van der Waals surface area contributed by atoms with Crippen molar-refractivity contribution in [2.24, 2.45) is 0 Å². The van der Waals surface area contributed by atoms with Gasteiger partial charge in [0.15, 0.2) is 0 Å². The number of urea groups is 1. The van der Waals surface area contributed by atoms with Gasteiger partial charge in [-0.05, 0) is 24.6 Å². The first-order chi connectivity index (χ1) is 9.97. The number of carbonyl (C=O) groups is 2. The van der Waals surface area contributed by atoms with Gasteiger partial charge in [-0.25, -0.2) is 4.79 Å². The predicted molar refractivity (Wildman–Crippen MR) is 82.7 cm³/mol. The lowest BCUT2D eigenvalue weighted by Gasteiger charge is -2.38. The van der Waals surface area contributed by atoms with Crippen LogP contribution in [0.1, 0.15) is 12.5 Å². The third-order valence-corrected chi connectivity index (χ3v) is 4.71. The standard InChI is InChI=1S/C15H18BrN3O2/c1-10-14(20)17(2)8-13-9-18(15(21)19(10)13)7-11-4-3-5-12(16)6-11/h3-6,10,13H,7-9H2,1-2H3/t10-,13+/m0/s1. The van der Waals surface area contributed by atoms with E-state index in [2.05, 4.69) is 15.9 Å². The molecule has 0 N–H and O–H groups in total. The molecule has 2 fully saturated rings. The van der Waals surface area contributed by atoms with E-state index in [9.17, 15) is 9.59 Å². The fourth-order valence-corrected chi connectivity index (χ4v) is 3.65. The third-order valence-electron chi connectivity index (χ3n) is 4.21. The highest BCUT2D eigenvalue weighted by molar-refractivity contribution is 9.10. The zero-order chi connectivity index (χ0) is 15.1. The quantitative estimate of drug-likeness (QED) is 0.816. The van der Waals surface area contributed by atoms with E-state index in [4.69, 9.17) is 0 Å². The van der Waals surface area contributed by atoms with Crippen LogP contribution >= 0.6 is 15.9 Å². The lowest BCUT2D eigenvalue weighted by atomic mass is 10.1. The Kier molecular flexibility index (Phi) is 3.65. The zero-order valence-electron chi connectivity index (χ0n) is 12.1. The summed E-state index contributed by atoms with van der Waals surface area (Å²) in [5.41, 5.74) is 1.09. The maximum absolute atomic E-state index is 12.6. The van der Waals surface area contributed by atoms with Crippen molar-refractivity contribution >= 4 is 27.9 Å². The number of fused-ring (bicyclic) bond motifs is 1. The normalized spacial score (nSPS) is 25.6. The van der Waals surface area contributed by atoms with Crippen LogP contribution in [0.15, 0.2) is 28.7 Å². The highest BCUT2D eigenvalue weighted by atomic mass is 79.9. The van der Waals surface area contributed by atoms with Crippen molar-refractivity contribution in [2.45, 2.75) is 25.6 Å². The molecule has 2 saturated heterocycles.